The van der Waals surface area contributed by atoms with E-state index in [0.29, 0.717) is 12.3 Å². The summed E-state index contributed by atoms with van der Waals surface area (Å²) in [6.07, 6.45) is 2.12. The van der Waals surface area contributed by atoms with Crippen molar-refractivity contribution in [2.75, 3.05) is 7.11 Å². The van der Waals surface area contributed by atoms with Gasteiger partial charge in [0.25, 0.3) is 5.91 Å². The summed E-state index contributed by atoms with van der Waals surface area (Å²) in [7, 11) is 1.41. The Bertz CT molecular complexity index is 1200. The fourth-order valence-electron chi connectivity index (χ4n) is 3.14. The average Bonchev–Trinajstić information content (AvgIpc) is 3.29. The zero-order valence-electron chi connectivity index (χ0n) is 16.1. The van der Waals surface area contributed by atoms with Gasteiger partial charge in [-0.1, -0.05) is 24.3 Å². The van der Waals surface area contributed by atoms with Crippen LogP contribution < -0.4 is 5.73 Å². The van der Waals surface area contributed by atoms with Crippen LogP contribution >= 0.6 is 0 Å². The number of benzene rings is 2. The summed E-state index contributed by atoms with van der Waals surface area (Å²) >= 11 is 0. The molecule has 6 nitrogen and oxygen atoms in total. The molecule has 0 aliphatic rings. The Morgan fingerprint density at radius 2 is 1.93 bits per heavy atom. The maximum atomic E-state index is 11.3. The Labute approximate surface area is 167 Å². The molecule has 0 aliphatic heterocycles. The molecule has 0 bridgehead atoms. The van der Waals surface area contributed by atoms with E-state index >= 15 is 0 Å². The van der Waals surface area contributed by atoms with Crippen molar-refractivity contribution in [3.05, 3.63) is 83.1 Å². The Balaban J connectivity index is 1.61. The van der Waals surface area contributed by atoms with Crippen LogP contribution in [0.2, 0.25) is 0 Å². The summed E-state index contributed by atoms with van der Waals surface area (Å²) in [6, 6.07) is 17.3. The second kappa shape index (κ2) is 7.67. The van der Waals surface area contributed by atoms with Gasteiger partial charge in [-0.15, -0.1) is 0 Å². The maximum absolute atomic E-state index is 11.3. The van der Waals surface area contributed by atoms with Gasteiger partial charge in [0.1, 0.15) is 17.1 Å². The lowest BCUT2D eigenvalue weighted by Crippen LogP contribution is -2.14. The monoisotopic (exact) mass is 388 g/mol. The number of fused-ring (bicyclic) bond motifs is 1. The fourth-order valence-corrected chi connectivity index (χ4v) is 3.14. The summed E-state index contributed by atoms with van der Waals surface area (Å²) in [5, 5.41) is 0.915. The molecule has 6 heteroatoms. The third kappa shape index (κ3) is 3.91. The molecule has 0 unspecified atom stereocenters. The first-order chi connectivity index (χ1) is 14.0. The smallest absolute Gasteiger partial charge is 0.283 e. The number of oxazole rings is 1. The van der Waals surface area contributed by atoms with Gasteiger partial charge in [-0.25, -0.2) is 4.98 Å². The van der Waals surface area contributed by atoms with Gasteiger partial charge in [-0.2, -0.15) is 0 Å². The number of primary amides is 1. The Kier molecular flexibility index (Phi) is 4.91. The first-order valence-corrected chi connectivity index (χ1v) is 9.13. The van der Waals surface area contributed by atoms with Gasteiger partial charge in [0.15, 0.2) is 5.76 Å². The number of amides is 1. The van der Waals surface area contributed by atoms with Crippen LogP contribution in [0.5, 0.6) is 0 Å². The Morgan fingerprint density at radius 1 is 1.14 bits per heavy atom. The normalized spacial score (nSPS) is 11.7. The zero-order valence-corrected chi connectivity index (χ0v) is 16.1. The van der Waals surface area contributed by atoms with Gasteiger partial charge in [0.05, 0.1) is 19.2 Å². The summed E-state index contributed by atoms with van der Waals surface area (Å²) < 4.78 is 16.8. The van der Waals surface area contributed by atoms with Gasteiger partial charge in [-0.3, -0.25) is 4.79 Å². The number of carbonyl (C=O) groups excluding carboxylic acids is 1. The Hall–Kier alpha value is -3.80. The van der Waals surface area contributed by atoms with E-state index in [1.807, 2.05) is 61.5 Å². The van der Waals surface area contributed by atoms with Crippen molar-refractivity contribution >= 4 is 23.0 Å². The van der Waals surface area contributed by atoms with Gasteiger partial charge in [0.2, 0.25) is 5.89 Å². The minimum absolute atomic E-state index is 0.0970. The van der Waals surface area contributed by atoms with E-state index < -0.39 is 5.91 Å². The van der Waals surface area contributed by atoms with Crippen molar-refractivity contribution in [1.82, 2.24) is 4.98 Å². The number of ether oxygens (including phenoxy) is 1. The van der Waals surface area contributed by atoms with Crippen LogP contribution in [0.25, 0.3) is 28.5 Å². The minimum atomic E-state index is -0.615. The summed E-state index contributed by atoms with van der Waals surface area (Å²) in [4.78, 5) is 16.0. The predicted molar refractivity (Wildman–Crippen MR) is 110 cm³/mol. The van der Waals surface area contributed by atoms with Crippen LogP contribution in [0.15, 0.2) is 69.2 Å². The maximum Gasteiger partial charge on any atom is 0.283 e. The highest BCUT2D eigenvalue weighted by molar-refractivity contribution is 5.95. The molecule has 0 saturated heterocycles. The second-order valence-electron chi connectivity index (χ2n) is 6.65. The molecule has 146 valence electrons. The van der Waals surface area contributed by atoms with Crippen LogP contribution in [0, 0.1) is 6.92 Å². The van der Waals surface area contributed by atoms with Crippen LogP contribution in [0.4, 0.5) is 0 Å². The number of nitrogens with zero attached hydrogens (tertiary/aromatic N) is 1. The van der Waals surface area contributed by atoms with Crippen LogP contribution in [0.3, 0.4) is 0 Å². The number of aromatic nitrogens is 1. The molecule has 1 amide bonds. The molecule has 2 heterocycles. The standard InChI is InChI=1S/C23H20N2O4/c1-14-19(25-23(28-14)16-6-4-3-5-7-16)13-18-12-17-10-15(8-9-20(17)29-18)11-21(27-2)22(24)26/h3-12H,13H2,1-2H3,(H2,24,26)/b21-11+. The first kappa shape index (κ1) is 18.6. The SMILES string of the molecule is CO/C(=C/c1ccc2oc(Cc3nc(-c4ccccc4)oc3C)cc2c1)C(N)=O. The number of hydrogen-bond donors (Lipinski definition) is 1. The Morgan fingerprint density at radius 3 is 2.66 bits per heavy atom. The number of hydrogen-bond acceptors (Lipinski definition) is 5. The van der Waals surface area contributed by atoms with E-state index in [1.54, 1.807) is 6.08 Å². The van der Waals surface area contributed by atoms with E-state index in [2.05, 4.69) is 4.98 Å². The largest absolute Gasteiger partial charge is 0.491 e. The molecule has 4 rings (SSSR count). The summed E-state index contributed by atoms with van der Waals surface area (Å²) in [5.41, 5.74) is 8.60. The number of aryl methyl sites for hydroxylation is 1. The van der Waals surface area contributed by atoms with Crippen LogP contribution in [-0.4, -0.2) is 18.0 Å². The first-order valence-electron chi connectivity index (χ1n) is 9.13. The van der Waals surface area contributed by atoms with E-state index in [0.717, 1.165) is 39.3 Å². The number of methoxy groups -OCH3 is 1. The number of rotatable bonds is 6. The van der Waals surface area contributed by atoms with Gasteiger partial charge in [-0.05, 0) is 48.9 Å². The van der Waals surface area contributed by atoms with Gasteiger partial charge < -0.3 is 19.3 Å². The highest BCUT2D eigenvalue weighted by Crippen LogP contribution is 2.27. The summed E-state index contributed by atoms with van der Waals surface area (Å²) in [5.74, 6) is 1.62. The molecule has 29 heavy (non-hydrogen) atoms. The lowest BCUT2D eigenvalue weighted by Gasteiger charge is -2.01. The lowest BCUT2D eigenvalue weighted by atomic mass is 10.1. The molecule has 0 saturated carbocycles. The van der Waals surface area contributed by atoms with Crippen molar-refractivity contribution in [2.24, 2.45) is 5.73 Å². The van der Waals surface area contributed by atoms with Crippen molar-refractivity contribution in [3.63, 3.8) is 0 Å². The molecule has 0 spiro atoms. The molecule has 0 aliphatic carbocycles. The second-order valence-corrected chi connectivity index (χ2v) is 6.65. The lowest BCUT2D eigenvalue weighted by molar-refractivity contribution is -0.117. The van der Waals surface area contributed by atoms with Crippen molar-refractivity contribution in [3.8, 4) is 11.5 Å². The minimum Gasteiger partial charge on any atom is -0.491 e. The van der Waals surface area contributed by atoms with Crippen molar-refractivity contribution < 1.29 is 18.4 Å². The van der Waals surface area contributed by atoms with Crippen molar-refractivity contribution in [2.45, 2.75) is 13.3 Å². The highest BCUT2D eigenvalue weighted by atomic mass is 16.5. The molecular weight excluding hydrogens is 368 g/mol. The molecule has 4 aromatic rings. The van der Waals surface area contributed by atoms with Crippen LogP contribution in [0.1, 0.15) is 22.8 Å². The molecule has 2 aromatic heterocycles. The molecule has 0 atom stereocenters. The van der Waals surface area contributed by atoms with E-state index in [4.69, 9.17) is 19.3 Å². The van der Waals surface area contributed by atoms with Gasteiger partial charge >= 0.3 is 0 Å². The molecular formula is C23H20N2O4. The molecule has 2 N–H and O–H groups in total. The van der Waals surface area contributed by atoms with Crippen molar-refractivity contribution in [1.29, 1.82) is 0 Å². The molecule has 0 radical (unpaired) electrons. The molecule has 0 fully saturated rings. The number of carbonyl (C=O) groups is 1. The van der Waals surface area contributed by atoms with E-state index in [9.17, 15) is 4.79 Å². The third-order valence-electron chi connectivity index (χ3n) is 4.61. The fraction of sp³-hybridized carbons (Fsp3) is 0.130. The van der Waals surface area contributed by atoms with Crippen LogP contribution in [-0.2, 0) is 16.0 Å². The average molecular weight is 388 g/mol. The number of furan rings is 1. The quantitative estimate of drug-likeness (QED) is 0.389. The summed E-state index contributed by atoms with van der Waals surface area (Å²) in [6.45, 7) is 1.90. The third-order valence-corrected chi connectivity index (χ3v) is 4.61. The predicted octanol–water partition coefficient (Wildman–Crippen LogP) is 4.46. The highest BCUT2D eigenvalue weighted by Gasteiger charge is 2.14. The van der Waals surface area contributed by atoms with E-state index in [-0.39, 0.29) is 5.76 Å². The molecule has 2 aromatic carbocycles. The van der Waals surface area contributed by atoms with Gasteiger partial charge in [0, 0.05) is 10.9 Å². The zero-order chi connectivity index (χ0) is 20.4. The van der Waals surface area contributed by atoms with E-state index in [1.165, 1.54) is 7.11 Å². The number of nitrogens with two attached hydrogens (primary N) is 1. The topological polar surface area (TPSA) is 91.5 Å².